The van der Waals surface area contributed by atoms with Crippen LogP contribution in [0.1, 0.15) is 47.7 Å². The topological polar surface area (TPSA) is 64.3 Å². The largest absolute Gasteiger partial charge is 0.372 e. The van der Waals surface area contributed by atoms with Crippen LogP contribution in [-0.2, 0) is 18.0 Å². The van der Waals surface area contributed by atoms with Crippen LogP contribution in [0, 0.1) is 5.92 Å². The summed E-state index contributed by atoms with van der Waals surface area (Å²) in [6.07, 6.45) is 3.19. The van der Waals surface area contributed by atoms with E-state index in [0.717, 1.165) is 30.4 Å². The first-order valence-electron chi connectivity index (χ1n) is 7.42. The summed E-state index contributed by atoms with van der Waals surface area (Å²) >= 11 is 0. The predicted octanol–water partition coefficient (Wildman–Crippen LogP) is 2.21. The molecule has 20 heavy (non-hydrogen) atoms. The van der Waals surface area contributed by atoms with E-state index in [-0.39, 0.29) is 5.91 Å². The lowest BCUT2D eigenvalue weighted by molar-refractivity contribution is 0.0945. The molecule has 2 rings (SSSR count). The van der Waals surface area contributed by atoms with Crippen molar-refractivity contribution < 1.29 is 9.53 Å². The normalized spacial score (nSPS) is 14.9. The van der Waals surface area contributed by atoms with Gasteiger partial charge in [-0.1, -0.05) is 19.4 Å². The second kappa shape index (κ2) is 7.41. The number of benzene rings is 1. The lowest BCUT2D eigenvalue weighted by atomic mass is 9.99. The van der Waals surface area contributed by atoms with Gasteiger partial charge in [0, 0.05) is 12.1 Å². The van der Waals surface area contributed by atoms with Gasteiger partial charge in [-0.3, -0.25) is 4.79 Å². The summed E-state index contributed by atoms with van der Waals surface area (Å²) in [7, 11) is 0. The second-order valence-electron chi connectivity index (χ2n) is 5.42. The minimum absolute atomic E-state index is 0.00201. The van der Waals surface area contributed by atoms with Crippen LogP contribution in [0.2, 0.25) is 0 Å². The van der Waals surface area contributed by atoms with E-state index < -0.39 is 0 Å². The van der Waals surface area contributed by atoms with Gasteiger partial charge in [0.25, 0.3) is 5.91 Å². The number of nitrogens with one attached hydrogen (secondary N) is 1. The molecule has 0 fully saturated rings. The zero-order valence-corrected chi connectivity index (χ0v) is 12.2. The van der Waals surface area contributed by atoms with Gasteiger partial charge in [0.05, 0.1) is 13.2 Å². The van der Waals surface area contributed by atoms with Crippen LogP contribution in [-0.4, -0.2) is 19.0 Å². The lowest BCUT2D eigenvalue weighted by Gasteiger charge is -2.16. The highest BCUT2D eigenvalue weighted by Gasteiger charge is 2.15. The van der Waals surface area contributed by atoms with Gasteiger partial charge in [-0.05, 0) is 48.6 Å². The molecule has 0 saturated heterocycles. The Kier molecular flexibility index (Phi) is 5.56. The van der Waals surface area contributed by atoms with Gasteiger partial charge < -0.3 is 15.8 Å². The molecule has 1 amide bonds. The molecule has 110 valence electrons. The van der Waals surface area contributed by atoms with E-state index in [0.29, 0.717) is 32.2 Å². The van der Waals surface area contributed by atoms with Crippen molar-refractivity contribution in [3.05, 3.63) is 34.9 Å². The molecule has 1 heterocycles. The third-order valence-corrected chi connectivity index (χ3v) is 3.81. The maximum absolute atomic E-state index is 12.2. The van der Waals surface area contributed by atoms with Crippen LogP contribution < -0.4 is 11.1 Å². The number of hydrogen-bond acceptors (Lipinski definition) is 3. The average Bonchev–Trinajstić information content (AvgIpc) is 2.92. The van der Waals surface area contributed by atoms with E-state index in [9.17, 15) is 4.79 Å². The molecule has 4 nitrogen and oxygen atoms in total. The van der Waals surface area contributed by atoms with Crippen LogP contribution in [0.5, 0.6) is 0 Å². The van der Waals surface area contributed by atoms with Crippen LogP contribution >= 0.6 is 0 Å². The fourth-order valence-electron chi connectivity index (χ4n) is 2.64. The number of nitrogens with two attached hydrogens (primary N) is 1. The average molecular weight is 276 g/mol. The van der Waals surface area contributed by atoms with Crippen molar-refractivity contribution in [2.75, 3.05) is 13.1 Å². The van der Waals surface area contributed by atoms with Crippen molar-refractivity contribution in [2.24, 2.45) is 11.7 Å². The smallest absolute Gasteiger partial charge is 0.251 e. The molecule has 0 saturated carbocycles. The Morgan fingerprint density at radius 1 is 1.35 bits per heavy atom. The van der Waals surface area contributed by atoms with Gasteiger partial charge in [-0.15, -0.1) is 0 Å². The quantitative estimate of drug-likeness (QED) is 0.802. The van der Waals surface area contributed by atoms with Crippen molar-refractivity contribution in [2.45, 2.75) is 39.4 Å². The summed E-state index contributed by atoms with van der Waals surface area (Å²) in [6, 6.07) is 5.80. The SMILES string of the molecule is CCCC(CCN)CNC(=O)c1ccc2c(c1)COC2. The molecule has 3 N–H and O–H groups in total. The summed E-state index contributed by atoms with van der Waals surface area (Å²) in [5, 5.41) is 3.02. The van der Waals surface area contributed by atoms with E-state index in [2.05, 4.69) is 12.2 Å². The lowest BCUT2D eigenvalue weighted by Crippen LogP contribution is -2.30. The number of amides is 1. The molecule has 0 radical (unpaired) electrons. The molecule has 0 spiro atoms. The van der Waals surface area contributed by atoms with Gasteiger partial charge in [0.2, 0.25) is 0 Å². The first-order valence-corrected chi connectivity index (χ1v) is 7.42. The van der Waals surface area contributed by atoms with Crippen molar-refractivity contribution in [1.29, 1.82) is 0 Å². The van der Waals surface area contributed by atoms with Crippen molar-refractivity contribution in [3.8, 4) is 0 Å². The Bertz CT molecular complexity index is 454. The molecule has 4 heteroatoms. The third kappa shape index (κ3) is 3.81. The summed E-state index contributed by atoms with van der Waals surface area (Å²) < 4.78 is 5.37. The highest BCUT2D eigenvalue weighted by atomic mass is 16.5. The summed E-state index contributed by atoms with van der Waals surface area (Å²) in [4.78, 5) is 12.2. The first-order chi connectivity index (χ1) is 9.74. The molecule has 1 aliphatic heterocycles. The number of fused-ring (bicyclic) bond motifs is 1. The molecule has 1 aromatic carbocycles. The van der Waals surface area contributed by atoms with Gasteiger partial charge in [-0.25, -0.2) is 0 Å². The minimum Gasteiger partial charge on any atom is -0.372 e. The number of rotatable bonds is 7. The van der Waals surface area contributed by atoms with Gasteiger partial charge in [-0.2, -0.15) is 0 Å². The third-order valence-electron chi connectivity index (χ3n) is 3.81. The standard InChI is InChI=1S/C16H24N2O2/c1-2-3-12(6-7-17)9-18-16(19)13-4-5-14-10-20-11-15(14)8-13/h4-5,8,12H,2-3,6-7,9-11,17H2,1H3,(H,18,19). The zero-order valence-electron chi connectivity index (χ0n) is 12.2. The molecule has 1 atom stereocenters. The van der Waals surface area contributed by atoms with Crippen LogP contribution in [0.15, 0.2) is 18.2 Å². The number of hydrogen-bond donors (Lipinski definition) is 2. The number of ether oxygens (including phenoxy) is 1. The Balaban J connectivity index is 1.91. The highest BCUT2D eigenvalue weighted by molar-refractivity contribution is 5.94. The monoisotopic (exact) mass is 276 g/mol. The van der Waals surface area contributed by atoms with Crippen molar-refractivity contribution in [3.63, 3.8) is 0 Å². The van der Waals surface area contributed by atoms with Gasteiger partial charge >= 0.3 is 0 Å². The maximum Gasteiger partial charge on any atom is 0.251 e. The minimum atomic E-state index is -0.00201. The number of carbonyl (C=O) groups is 1. The Morgan fingerprint density at radius 2 is 2.15 bits per heavy atom. The molecule has 1 aromatic rings. The second-order valence-corrected chi connectivity index (χ2v) is 5.42. The Morgan fingerprint density at radius 3 is 2.90 bits per heavy atom. The fraction of sp³-hybridized carbons (Fsp3) is 0.562. The molecule has 1 aliphatic rings. The summed E-state index contributed by atoms with van der Waals surface area (Å²) in [6.45, 7) is 4.81. The molecular formula is C16H24N2O2. The molecule has 0 aliphatic carbocycles. The molecule has 1 unspecified atom stereocenters. The predicted molar refractivity (Wildman–Crippen MR) is 79.3 cm³/mol. The summed E-state index contributed by atoms with van der Waals surface area (Å²) in [5.74, 6) is 0.476. The van der Waals surface area contributed by atoms with Crippen LogP contribution in [0.3, 0.4) is 0 Å². The highest BCUT2D eigenvalue weighted by Crippen LogP contribution is 2.20. The molecule has 0 bridgehead atoms. The van der Waals surface area contributed by atoms with Crippen LogP contribution in [0.25, 0.3) is 0 Å². The van der Waals surface area contributed by atoms with E-state index >= 15 is 0 Å². The van der Waals surface area contributed by atoms with Gasteiger partial charge in [0.1, 0.15) is 0 Å². The van der Waals surface area contributed by atoms with E-state index in [1.54, 1.807) is 0 Å². The molecular weight excluding hydrogens is 252 g/mol. The first kappa shape index (κ1) is 15.0. The van der Waals surface area contributed by atoms with E-state index in [4.69, 9.17) is 10.5 Å². The van der Waals surface area contributed by atoms with E-state index in [1.807, 2.05) is 18.2 Å². The fourth-order valence-corrected chi connectivity index (χ4v) is 2.64. The van der Waals surface area contributed by atoms with Gasteiger partial charge in [0.15, 0.2) is 0 Å². The maximum atomic E-state index is 12.2. The van der Waals surface area contributed by atoms with E-state index in [1.165, 1.54) is 5.56 Å². The molecule has 0 aromatic heterocycles. The summed E-state index contributed by atoms with van der Waals surface area (Å²) in [5.41, 5.74) is 8.65. The Labute approximate surface area is 120 Å². The van der Waals surface area contributed by atoms with Crippen LogP contribution in [0.4, 0.5) is 0 Å². The number of carbonyl (C=O) groups excluding carboxylic acids is 1. The van der Waals surface area contributed by atoms with Crippen molar-refractivity contribution >= 4 is 5.91 Å². The van der Waals surface area contributed by atoms with Crippen molar-refractivity contribution in [1.82, 2.24) is 5.32 Å². The Hall–Kier alpha value is -1.39. The zero-order chi connectivity index (χ0) is 14.4.